The van der Waals surface area contributed by atoms with E-state index >= 15 is 0 Å². The molecule has 0 aliphatic heterocycles. The highest BCUT2D eigenvalue weighted by molar-refractivity contribution is 5.75. The van der Waals surface area contributed by atoms with Crippen LogP contribution in [0.4, 0.5) is 0 Å². The predicted molar refractivity (Wildman–Crippen MR) is 68.7 cm³/mol. The van der Waals surface area contributed by atoms with Crippen LogP contribution in [-0.4, -0.2) is 36.2 Å². The number of carbonyl (C=O) groups excluding carboxylic acids is 2. The van der Waals surface area contributed by atoms with E-state index in [1.165, 1.54) is 0 Å². The third kappa shape index (κ3) is 8.52. The maximum Gasteiger partial charge on any atom is 0.325 e. The van der Waals surface area contributed by atoms with Gasteiger partial charge in [0, 0.05) is 0 Å². The number of rotatable bonds is 8. The normalized spacial score (nSPS) is 14.3. The van der Waals surface area contributed by atoms with Crippen molar-refractivity contribution in [3.63, 3.8) is 0 Å². The molecule has 0 saturated heterocycles. The second-order valence-corrected chi connectivity index (χ2v) is 4.75. The van der Waals surface area contributed by atoms with Crippen LogP contribution in [0.2, 0.25) is 0 Å². The van der Waals surface area contributed by atoms with Crippen molar-refractivity contribution in [2.75, 3.05) is 0 Å². The molecule has 0 spiro atoms. The molecule has 0 heterocycles. The van der Waals surface area contributed by atoms with E-state index in [-0.39, 0.29) is 12.2 Å². The van der Waals surface area contributed by atoms with Crippen LogP contribution in [0.25, 0.3) is 0 Å². The Kier molecular flexibility index (Phi) is 8.29. The molecule has 0 fully saturated rings. The fourth-order valence-corrected chi connectivity index (χ4v) is 0.976. The van der Waals surface area contributed by atoms with E-state index in [0.717, 1.165) is 0 Å². The lowest BCUT2D eigenvalue weighted by Crippen LogP contribution is -2.44. The van der Waals surface area contributed by atoms with Crippen molar-refractivity contribution in [2.45, 2.75) is 65.8 Å². The molecular weight excluding hydrogens is 252 g/mol. The zero-order valence-corrected chi connectivity index (χ0v) is 12.4. The molecule has 0 aliphatic carbocycles. The second kappa shape index (κ2) is 8.84. The van der Waals surface area contributed by atoms with Crippen molar-refractivity contribution in [1.82, 2.24) is 11.0 Å². The topological polar surface area (TPSA) is 85.9 Å². The Labute approximate surface area is 113 Å². The Balaban J connectivity index is 3.89. The molecule has 0 aromatic carbocycles. The van der Waals surface area contributed by atoms with Crippen molar-refractivity contribution in [2.24, 2.45) is 0 Å². The first-order valence-corrected chi connectivity index (χ1v) is 6.31. The van der Waals surface area contributed by atoms with Crippen molar-refractivity contribution >= 4 is 11.9 Å². The maximum atomic E-state index is 11.4. The van der Waals surface area contributed by atoms with Crippen molar-refractivity contribution in [1.29, 1.82) is 0 Å². The maximum absolute atomic E-state index is 11.4. The summed E-state index contributed by atoms with van der Waals surface area (Å²) >= 11 is 0. The number of carbonyl (C=O) groups is 2. The monoisotopic (exact) mass is 276 g/mol. The van der Waals surface area contributed by atoms with Crippen LogP contribution in [0.3, 0.4) is 0 Å². The van der Waals surface area contributed by atoms with Crippen molar-refractivity contribution in [3.05, 3.63) is 0 Å². The average molecular weight is 276 g/mol. The Morgan fingerprint density at radius 2 is 1.05 bits per heavy atom. The van der Waals surface area contributed by atoms with Gasteiger partial charge in [0.15, 0.2) is 0 Å². The van der Waals surface area contributed by atoms with Crippen LogP contribution in [0, 0.1) is 0 Å². The number of hydrogen-bond acceptors (Lipinski definition) is 7. The smallest absolute Gasteiger partial charge is 0.325 e. The van der Waals surface area contributed by atoms with Crippen molar-refractivity contribution < 1.29 is 24.0 Å². The van der Waals surface area contributed by atoms with Gasteiger partial charge in [0.25, 0.3) is 0 Å². The molecule has 0 aromatic heterocycles. The SMILES string of the molecule is CC(C)OC(=O)C(C)NONC(C)C(=O)OC(C)C. The Bertz CT molecular complexity index is 266. The third-order valence-electron chi connectivity index (χ3n) is 1.88. The number of hydroxylamine groups is 2. The molecule has 0 radical (unpaired) electrons. The third-order valence-corrected chi connectivity index (χ3v) is 1.88. The largest absolute Gasteiger partial charge is 0.462 e. The van der Waals surface area contributed by atoms with E-state index in [2.05, 4.69) is 11.0 Å². The summed E-state index contributed by atoms with van der Waals surface area (Å²) in [4.78, 5) is 27.7. The Morgan fingerprint density at radius 1 is 0.737 bits per heavy atom. The van der Waals surface area contributed by atoms with E-state index in [0.29, 0.717) is 0 Å². The lowest BCUT2D eigenvalue weighted by Gasteiger charge is -2.18. The molecule has 0 aliphatic rings. The van der Waals surface area contributed by atoms with E-state index in [1.54, 1.807) is 41.5 Å². The number of hydrogen-bond donors (Lipinski definition) is 2. The summed E-state index contributed by atoms with van der Waals surface area (Å²) in [5, 5.41) is 0. The molecular formula is C12H24N2O5. The first-order valence-electron chi connectivity index (χ1n) is 6.31. The summed E-state index contributed by atoms with van der Waals surface area (Å²) in [6, 6.07) is -1.30. The van der Waals surface area contributed by atoms with Gasteiger partial charge in [0.2, 0.25) is 0 Å². The lowest BCUT2D eigenvalue weighted by atomic mass is 10.3. The summed E-state index contributed by atoms with van der Waals surface area (Å²) in [5.74, 6) is -0.872. The molecule has 7 nitrogen and oxygen atoms in total. The van der Waals surface area contributed by atoms with E-state index < -0.39 is 24.0 Å². The highest BCUT2D eigenvalue weighted by atomic mass is 16.8. The van der Waals surface area contributed by atoms with Gasteiger partial charge in [0.1, 0.15) is 12.1 Å². The summed E-state index contributed by atoms with van der Waals surface area (Å²) in [5.41, 5.74) is 4.87. The van der Waals surface area contributed by atoms with Gasteiger partial charge in [-0.2, -0.15) is 11.0 Å². The predicted octanol–water partition coefficient (Wildman–Crippen LogP) is 0.692. The van der Waals surface area contributed by atoms with E-state index in [9.17, 15) is 9.59 Å². The van der Waals surface area contributed by atoms with Gasteiger partial charge in [0.05, 0.1) is 12.2 Å². The van der Waals surface area contributed by atoms with E-state index in [4.69, 9.17) is 14.4 Å². The lowest BCUT2D eigenvalue weighted by molar-refractivity contribution is -0.163. The molecule has 2 N–H and O–H groups in total. The molecule has 7 heteroatoms. The Hall–Kier alpha value is -1.18. The average Bonchev–Trinajstić information content (AvgIpc) is 2.26. The minimum absolute atomic E-state index is 0.190. The summed E-state index contributed by atoms with van der Waals surface area (Å²) in [6.45, 7) is 10.2. The zero-order chi connectivity index (χ0) is 15.0. The number of esters is 2. The minimum Gasteiger partial charge on any atom is -0.462 e. The van der Waals surface area contributed by atoms with Gasteiger partial charge in [-0.1, -0.05) is 0 Å². The van der Waals surface area contributed by atoms with Gasteiger partial charge >= 0.3 is 11.9 Å². The highest BCUT2D eigenvalue weighted by Crippen LogP contribution is 1.95. The molecule has 0 bridgehead atoms. The quantitative estimate of drug-likeness (QED) is 0.498. The zero-order valence-electron chi connectivity index (χ0n) is 12.4. The van der Waals surface area contributed by atoms with Gasteiger partial charge in [-0.3, -0.25) is 9.59 Å². The molecule has 0 aromatic rings. The van der Waals surface area contributed by atoms with Crippen molar-refractivity contribution in [3.8, 4) is 0 Å². The fraction of sp³-hybridized carbons (Fsp3) is 0.833. The molecule has 19 heavy (non-hydrogen) atoms. The van der Waals surface area contributed by atoms with Gasteiger partial charge < -0.3 is 9.47 Å². The van der Waals surface area contributed by atoms with Crippen LogP contribution in [0.1, 0.15) is 41.5 Å². The standard InChI is InChI=1S/C12H24N2O5/c1-7(2)17-11(15)9(5)13-19-14-10(6)12(16)18-8(3)4/h7-10,13-14H,1-6H3. The van der Waals surface area contributed by atoms with Gasteiger partial charge in [-0.15, -0.1) is 0 Å². The molecule has 112 valence electrons. The van der Waals surface area contributed by atoms with Crippen LogP contribution >= 0.6 is 0 Å². The van der Waals surface area contributed by atoms with E-state index in [1.807, 2.05) is 0 Å². The second-order valence-electron chi connectivity index (χ2n) is 4.75. The molecule has 2 atom stereocenters. The number of nitrogens with one attached hydrogen (secondary N) is 2. The molecule has 0 amide bonds. The summed E-state index contributed by atoms with van der Waals surface area (Å²) in [6.07, 6.45) is -0.380. The molecule has 0 rings (SSSR count). The summed E-state index contributed by atoms with van der Waals surface area (Å²) in [7, 11) is 0. The van der Waals surface area contributed by atoms with Gasteiger partial charge in [-0.25, -0.2) is 4.94 Å². The first kappa shape index (κ1) is 17.8. The van der Waals surface area contributed by atoms with Crippen LogP contribution in [-0.2, 0) is 24.0 Å². The molecule has 0 saturated carbocycles. The first-order chi connectivity index (χ1) is 8.73. The van der Waals surface area contributed by atoms with Crippen LogP contribution < -0.4 is 11.0 Å². The number of ether oxygens (including phenoxy) is 2. The minimum atomic E-state index is -0.650. The molecule has 2 unspecified atom stereocenters. The Morgan fingerprint density at radius 3 is 1.32 bits per heavy atom. The van der Waals surface area contributed by atoms with Crippen LogP contribution in [0.15, 0.2) is 0 Å². The summed E-state index contributed by atoms with van der Waals surface area (Å²) < 4.78 is 9.94. The fourth-order valence-electron chi connectivity index (χ4n) is 0.976. The van der Waals surface area contributed by atoms with Gasteiger partial charge in [-0.05, 0) is 41.5 Å². The highest BCUT2D eigenvalue weighted by Gasteiger charge is 2.18. The van der Waals surface area contributed by atoms with Crippen LogP contribution in [0.5, 0.6) is 0 Å².